The van der Waals surface area contributed by atoms with Gasteiger partial charge >= 0.3 is 5.97 Å². The molecule has 7 heteroatoms. The molecule has 7 nitrogen and oxygen atoms in total. The van der Waals surface area contributed by atoms with Crippen molar-refractivity contribution in [1.29, 1.82) is 0 Å². The lowest BCUT2D eigenvalue weighted by atomic mass is 9.74. The highest BCUT2D eigenvalue weighted by Gasteiger charge is 2.51. The van der Waals surface area contributed by atoms with Gasteiger partial charge in [-0.3, -0.25) is 9.59 Å². The van der Waals surface area contributed by atoms with Crippen molar-refractivity contribution in [2.75, 3.05) is 31.5 Å². The first-order chi connectivity index (χ1) is 17.0. The molecule has 1 saturated carbocycles. The monoisotopic (exact) mass is 477 g/mol. The van der Waals surface area contributed by atoms with E-state index in [0.717, 1.165) is 62.9 Å². The third-order valence-electron chi connectivity index (χ3n) is 8.52. The Morgan fingerprint density at radius 3 is 2.37 bits per heavy atom. The number of aromatic nitrogens is 2. The van der Waals surface area contributed by atoms with Crippen LogP contribution in [0.2, 0.25) is 0 Å². The van der Waals surface area contributed by atoms with Crippen molar-refractivity contribution in [1.82, 2.24) is 10.2 Å². The minimum absolute atomic E-state index is 0.0538. The van der Waals surface area contributed by atoms with Crippen molar-refractivity contribution in [2.24, 2.45) is 5.92 Å². The second-order valence-corrected chi connectivity index (χ2v) is 10.9. The Bertz CT molecular complexity index is 1020. The van der Waals surface area contributed by atoms with E-state index in [2.05, 4.69) is 27.6 Å². The molecule has 4 fully saturated rings. The SMILES string of the molecule is Cc1ccc(NC(=O)C[N+]23CCC(CC2)[C@@H](OC(=O)C2(c4ccccc4)CCCCCC2)C3)nn1. The van der Waals surface area contributed by atoms with Crippen LogP contribution in [0.5, 0.6) is 0 Å². The normalized spacial score (nSPS) is 27.6. The Labute approximate surface area is 207 Å². The number of quaternary nitrogens is 1. The van der Waals surface area contributed by atoms with E-state index < -0.39 is 5.41 Å². The van der Waals surface area contributed by atoms with Crippen LogP contribution in [0.3, 0.4) is 0 Å². The van der Waals surface area contributed by atoms with Crippen molar-refractivity contribution in [3.63, 3.8) is 0 Å². The van der Waals surface area contributed by atoms with Crippen molar-refractivity contribution in [2.45, 2.75) is 69.8 Å². The molecule has 4 heterocycles. The van der Waals surface area contributed by atoms with Crippen LogP contribution in [0, 0.1) is 12.8 Å². The predicted molar refractivity (Wildman–Crippen MR) is 134 cm³/mol. The van der Waals surface area contributed by atoms with Crippen LogP contribution in [0.1, 0.15) is 62.6 Å². The molecular formula is C28H37N4O3+. The van der Waals surface area contributed by atoms with Gasteiger partial charge in [-0.2, -0.15) is 5.10 Å². The number of amides is 1. The number of benzene rings is 1. The summed E-state index contributed by atoms with van der Waals surface area (Å²) < 4.78 is 7.09. The lowest BCUT2D eigenvalue weighted by molar-refractivity contribution is -0.939. The lowest BCUT2D eigenvalue weighted by Crippen LogP contribution is -2.66. The average molecular weight is 478 g/mol. The molecule has 3 saturated heterocycles. The summed E-state index contributed by atoms with van der Waals surface area (Å²) in [6.07, 6.45) is 8.03. The topological polar surface area (TPSA) is 81.2 Å². The summed E-state index contributed by atoms with van der Waals surface area (Å²) in [7, 11) is 0. The van der Waals surface area contributed by atoms with Crippen LogP contribution in [0.4, 0.5) is 5.82 Å². The smallest absolute Gasteiger partial charge is 0.317 e. The van der Waals surface area contributed by atoms with E-state index in [1.54, 1.807) is 6.07 Å². The van der Waals surface area contributed by atoms with Crippen molar-refractivity contribution < 1.29 is 18.8 Å². The van der Waals surface area contributed by atoms with Crippen molar-refractivity contribution >= 4 is 17.7 Å². The number of hydrogen-bond donors (Lipinski definition) is 1. The number of carbonyl (C=O) groups is 2. The van der Waals surface area contributed by atoms with Crippen LogP contribution in [-0.4, -0.2) is 58.8 Å². The molecule has 186 valence electrons. The van der Waals surface area contributed by atoms with E-state index in [1.807, 2.05) is 31.2 Å². The molecule has 3 aliphatic heterocycles. The summed E-state index contributed by atoms with van der Waals surface area (Å²) in [6, 6.07) is 13.9. The maximum atomic E-state index is 13.9. The third-order valence-corrected chi connectivity index (χ3v) is 8.52. The zero-order valence-corrected chi connectivity index (χ0v) is 20.7. The van der Waals surface area contributed by atoms with E-state index in [4.69, 9.17) is 4.74 Å². The summed E-state index contributed by atoms with van der Waals surface area (Å²) >= 11 is 0. The first-order valence-electron chi connectivity index (χ1n) is 13.2. The molecule has 1 amide bonds. The largest absolute Gasteiger partial charge is 0.455 e. The highest BCUT2D eigenvalue weighted by atomic mass is 16.5. The van der Waals surface area contributed by atoms with Crippen LogP contribution >= 0.6 is 0 Å². The van der Waals surface area contributed by atoms with Crippen LogP contribution < -0.4 is 5.32 Å². The van der Waals surface area contributed by atoms with Gasteiger partial charge < -0.3 is 14.5 Å². The van der Waals surface area contributed by atoms with E-state index in [1.165, 1.54) is 12.8 Å². The fraction of sp³-hybridized carbons (Fsp3) is 0.571. The molecule has 0 unspecified atom stereocenters. The number of piperidine rings is 3. The molecule has 1 aromatic carbocycles. The van der Waals surface area contributed by atoms with Crippen molar-refractivity contribution in [3.8, 4) is 0 Å². The summed E-state index contributed by atoms with van der Waals surface area (Å²) in [6.45, 7) is 4.87. The van der Waals surface area contributed by atoms with Crippen LogP contribution in [0.25, 0.3) is 0 Å². The Balaban J connectivity index is 1.29. The minimum Gasteiger partial charge on any atom is -0.455 e. The molecular weight excluding hydrogens is 440 g/mol. The van der Waals surface area contributed by atoms with Gasteiger partial charge in [0.15, 0.2) is 18.5 Å². The summed E-state index contributed by atoms with van der Waals surface area (Å²) in [5, 5.41) is 11.0. The summed E-state index contributed by atoms with van der Waals surface area (Å²) in [5.74, 6) is 0.760. The number of aryl methyl sites for hydroxylation is 1. The Kier molecular flexibility index (Phi) is 6.87. The first kappa shape index (κ1) is 23.9. The zero-order chi connectivity index (χ0) is 24.3. The van der Waals surface area contributed by atoms with E-state index in [9.17, 15) is 9.59 Å². The number of carbonyl (C=O) groups excluding carboxylic acids is 2. The molecule has 0 spiro atoms. The van der Waals surface area contributed by atoms with Gasteiger partial charge in [-0.25, -0.2) is 0 Å². The van der Waals surface area contributed by atoms with Gasteiger partial charge in [-0.1, -0.05) is 56.0 Å². The number of fused-ring (bicyclic) bond motifs is 3. The maximum absolute atomic E-state index is 13.9. The highest BCUT2D eigenvalue weighted by Crippen LogP contribution is 2.42. The molecule has 1 aliphatic carbocycles. The summed E-state index contributed by atoms with van der Waals surface area (Å²) in [5.41, 5.74) is 1.36. The summed E-state index contributed by atoms with van der Waals surface area (Å²) in [4.78, 5) is 26.8. The second-order valence-electron chi connectivity index (χ2n) is 10.9. The number of anilines is 1. The fourth-order valence-electron chi connectivity index (χ4n) is 6.48. The van der Waals surface area contributed by atoms with Gasteiger partial charge in [0.05, 0.1) is 24.2 Å². The Hall–Kier alpha value is -2.80. The minimum atomic E-state index is -0.546. The average Bonchev–Trinajstić information content (AvgIpc) is 3.14. The molecule has 1 atom stereocenters. The molecule has 2 bridgehead atoms. The fourth-order valence-corrected chi connectivity index (χ4v) is 6.48. The van der Waals surface area contributed by atoms with Crippen molar-refractivity contribution in [3.05, 3.63) is 53.7 Å². The third kappa shape index (κ3) is 5.10. The standard InChI is InChI=1S/C28H36N4O3/c1-21-11-12-25(31-30-21)29-26(33)20-32-17-13-22(14-18-32)24(19-32)35-27(34)28(15-7-2-3-8-16-28)23-9-5-4-6-10-23/h4-6,9-12,22,24H,2-3,7-8,13-20H2,1H3/p+1/t22?,24-,32?/m0/s1. The van der Waals surface area contributed by atoms with Gasteiger partial charge in [-0.15, -0.1) is 5.10 Å². The number of nitrogens with one attached hydrogen (secondary N) is 1. The maximum Gasteiger partial charge on any atom is 0.317 e. The van der Waals surface area contributed by atoms with E-state index >= 15 is 0 Å². The zero-order valence-electron chi connectivity index (χ0n) is 20.7. The van der Waals surface area contributed by atoms with Crippen LogP contribution in [-0.2, 0) is 19.7 Å². The number of ether oxygens (including phenoxy) is 1. The first-order valence-corrected chi connectivity index (χ1v) is 13.2. The highest BCUT2D eigenvalue weighted by molar-refractivity contribution is 5.90. The Morgan fingerprint density at radius 2 is 1.71 bits per heavy atom. The number of rotatable bonds is 6. The van der Waals surface area contributed by atoms with Gasteiger partial charge in [0.2, 0.25) is 0 Å². The Morgan fingerprint density at radius 1 is 1.00 bits per heavy atom. The molecule has 4 aliphatic rings. The molecule has 1 aromatic heterocycles. The van der Waals surface area contributed by atoms with Gasteiger partial charge in [0.1, 0.15) is 6.54 Å². The molecule has 35 heavy (non-hydrogen) atoms. The van der Waals surface area contributed by atoms with Gasteiger partial charge in [0, 0.05) is 18.8 Å². The quantitative estimate of drug-likeness (QED) is 0.384. The van der Waals surface area contributed by atoms with Crippen LogP contribution in [0.15, 0.2) is 42.5 Å². The molecule has 0 radical (unpaired) electrons. The van der Waals surface area contributed by atoms with Gasteiger partial charge in [0.25, 0.3) is 5.91 Å². The lowest BCUT2D eigenvalue weighted by Gasteiger charge is -2.52. The van der Waals surface area contributed by atoms with Gasteiger partial charge in [-0.05, 0) is 37.5 Å². The predicted octanol–water partition coefficient (Wildman–Crippen LogP) is 4.17. The number of hydrogen-bond acceptors (Lipinski definition) is 5. The number of esters is 1. The molecule has 1 N–H and O–H groups in total. The van der Waals surface area contributed by atoms with E-state index in [0.29, 0.717) is 29.3 Å². The molecule has 6 rings (SSSR count). The van der Waals surface area contributed by atoms with E-state index in [-0.39, 0.29) is 18.0 Å². The second kappa shape index (κ2) is 10.1. The molecule has 2 aromatic rings. The number of nitrogens with zero attached hydrogens (tertiary/aromatic N) is 3.